The minimum absolute atomic E-state index is 0.00963. The van der Waals surface area contributed by atoms with Gasteiger partial charge < -0.3 is 10.1 Å². The fourth-order valence-electron chi connectivity index (χ4n) is 2.38. The summed E-state index contributed by atoms with van der Waals surface area (Å²) in [6, 6.07) is 4.44. The standard InChI is InChI=1S/C14H19F2NO/c1-9-7-12(5-6-18-9)17-10(2)11-3-4-13(15)14(16)8-11/h3-4,8-10,12,17H,5-7H2,1-2H3. The molecule has 1 aliphatic heterocycles. The van der Waals surface area contributed by atoms with Crippen molar-refractivity contribution in [1.29, 1.82) is 0 Å². The molecule has 1 aromatic rings. The average molecular weight is 255 g/mol. The molecule has 0 amide bonds. The van der Waals surface area contributed by atoms with Gasteiger partial charge in [-0.2, -0.15) is 0 Å². The summed E-state index contributed by atoms with van der Waals surface area (Å²) in [4.78, 5) is 0. The van der Waals surface area contributed by atoms with Crippen molar-refractivity contribution in [2.45, 2.75) is 44.9 Å². The largest absolute Gasteiger partial charge is 0.378 e. The first-order valence-corrected chi connectivity index (χ1v) is 6.39. The van der Waals surface area contributed by atoms with Crippen LogP contribution < -0.4 is 5.32 Å². The zero-order chi connectivity index (χ0) is 13.1. The summed E-state index contributed by atoms with van der Waals surface area (Å²) in [7, 11) is 0. The molecule has 1 fully saturated rings. The van der Waals surface area contributed by atoms with Crippen molar-refractivity contribution in [2.75, 3.05) is 6.61 Å². The minimum Gasteiger partial charge on any atom is -0.378 e. The third kappa shape index (κ3) is 3.27. The molecule has 3 unspecified atom stereocenters. The molecule has 1 saturated heterocycles. The molecule has 3 atom stereocenters. The SMILES string of the molecule is CC1CC(NC(C)c2ccc(F)c(F)c2)CCO1. The molecule has 0 aromatic heterocycles. The molecule has 0 aliphatic carbocycles. The van der Waals surface area contributed by atoms with Gasteiger partial charge in [-0.05, 0) is 44.4 Å². The summed E-state index contributed by atoms with van der Waals surface area (Å²) in [6.45, 7) is 4.77. The molecule has 0 bridgehead atoms. The van der Waals surface area contributed by atoms with Gasteiger partial charge in [0, 0.05) is 18.7 Å². The Morgan fingerprint density at radius 2 is 2.11 bits per heavy atom. The van der Waals surface area contributed by atoms with E-state index in [1.54, 1.807) is 6.07 Å². The van der Waals surface area contributed by atoms with Crippen molar-refractivity contribution in [3.63, 3.8) is 0 Å². The van der Waals surface area contributed by atoms with Crippen molar-refractivity contribution in [3.8, 4) is 0 Å². The number of hydrogen-bond acceptors (Lipinski definition) is 2. The molecule has 2 rings (SSSR count). The lowest BCUT2D eigenvalue weighted by Gasteiger charge is -2.30. The molecule has 2 nitrogen and oxygen atoms in total. The Morgan fingerprint density at radius 1 is 1.33 bits per heavy atom. The summed E-state index contributed by atoms with van der Waals surface area (Å²) in [5, 5.41) is 3.44. The minimum atomic E-state index is -0.800. The number of benzene rings is 1. The summed E-state index contributed by atoms with van der Waals surface area (Å²) in [5.74, 6) is -1.59. The maximum absolute atomic E-state index is 13.2. The fourth-order valence-corrected chi connectivity index (χ4v) is 2.38. The van der Waals surface area contributed by atoms with Crippen LogP contribution in [0, 0.1) is 11.6 Å². The quantitative estimate of drug-likeness (QED) is 0.895. The van der Waals surface area contributed by atoms with Crippen molar-refractivity contribution in [3.05, 3.63) is 35.4 Å². The zero-order valence-corrected chi connectivity index (χ0v) is 10.7. The van der Waals surface area contributed by atoms with Crippen LogP contribution in [0.15, 0.2) is 18.2 Å². The highest BCUT2D eigenvalue weighted by Gasteiger charge is 2.21. The number of halogens is 2. The molecule has 1 N–H and O–H groups in total. The Bertz CT molecular complexity index is 411. The molecule has 18 heavy (non-hydrogen) atoms. The van der Waals surface area contributed by atoms with Gasteiger partial charge in [0.2, 0.25) is 0 Å². The van der Waals surface area contributed by atoms with Crippen molar-refractivity contribution < 1.29 is 13.5 Å². The highest BCUT2D eigenvalue weighted by molar-refractivity contribution is 5.20. The Labute approximate surface area is 106 Å². The summed E-state index contributed by atoms with van der Waals surface area (Å²) in [5.41, 5.74) is 0.771. The van der Waals surface area contributed by atoms with E-state index in [-0.39, 0.29) is 12.1 Å². The van der Waals surface area contributed by atoms with Gasteiger partial charge in [0.05, 0.1) is 6.10 Å². The highest BCUT2D eigenvalue weighted by atomic mass is 19.2. The summed E-state index contributed by atoms with van der Waals surface area (Å²) >= 11 is 0. The van der Waals surface area contributed by atoms with Gasteiger partial charge in [0.1, 0.15) is 0 Å². The van der Waals surface area contributed by atoms with E-state index in [1.807, 2.05) is 6.92 Å². The second-order valence-electron chi connectivity index (χ2n) is 4.96. The monoisotopic (exact) mass is 255 g/mol. The van der Waals surface area contributed by atoms with Crippen molar-refractivity contribution in [2.24, 2.45) is 0 Å². The number of ether oxygens (including phenoxy) is 1. The van der Waals surface area contributed by atoms with Crippen LogP contribution in [-0.4, -0.2) is 18.8 Å². The molecular formula is C14H19F2NO. The smallest absolute Gasteiger partial charge is 0.159 e. The zero-order valence-electron chi connectivity index (χ0n) is 10.7. The van der Waals surface area contributed by atoms with Gasteiger partial charge in [0.25, 0.3) is 0 Å². The molecule has 1 aliphatic rings. The number of rotatable bonds is 3. The lowest BCUT2D eigenvalue weighted by molar-refractivity contribution is 0.0116. The molecule has 4 heteroatoms. The van der Waals surface area contributed by atoms with E-state index >= 15 is 0 Å². The van der Waals surface area contributed by atoms with Crippen LogP contribution in [0.5, 0.6) is 0 Å². The third-order valence-electron chi connectivity index (χ3n) is 3.41. The van der Waals surface area contributed by atoms with E-state index in [2.05, 4.69) is 12.2 Å². The van der Waals surface area contributed by atoms with Crippen LogP contribution in [0.1, 0.15) is 38.3 Å². The Kier molecular flexibility index (Phi) is 4.30. The predicted molar refractivity (Wildman–Crippen MR) is 66.3 cm³/mol. The first kappa shape index (κ1) is 13.4. The van der Waals surface area contributed by atoms with E-state index < -0.39 is 11.6 Å². The van der Waals surface area contributed by atoms with E-state index in [0.29, 0.717) is 6.04 Å². The second kappa shape index (κ2) is 5.76. The second-order valence-corrected chi connectivity index (χ2v) is 4.96. The Hall–Kier alpha value is -1.00. The van der Waals surface area contributed by atoms with Gasteiger partial charge in [0.15, 0.2) is 11.6 Å². The molecule has 1 heterocycles. The predicted octanol–water partition coefficient (Wildman–Crippen LogP) is 3.18. The first-order valence-electron chi connectivity index (χ1n) is 6.39. The van der Waals surface area contributed by atoms with Crippen LogP contribution in [0.25, 0.3) is 0 Å². The Morgan fingerprint density at radius 3 is 2.78 bits per heavy atom. The molecule has 0 spiro atoms. The van der Waals surface area contributed by atoms with Gasteiger partial charge >= 0.3 is 0 Å². The van der Waals surface area contributed by atoms with Crippen LogP contribution in [0.2, 0.25) is 0 Å². The Balaban J connectivity index is 1.98. The highest BCUT2D eigenvalue weighted by Crippen LogP contribution is 2.20. The maximum atomic E-state index is 13.2. The van der Waals surface area contributed by atoms with Gasteiger partial charge in [-0.25, -0.2) is 8.78 Å². The molecule has 100 valence electrons. The lowest BCUT2D eigenvalue weighted by atomic mass is 10.0. The topological polar surface area (TPSA) is 21.3 Å². The average Bonchev–Trinajstić information content (AvgIpc) is 2.32. The summed E-state index contributed by atoms with van der Waals surface area (Å²) in [6.07, 6.45) is 2.17. The van der Waals surface area contributed by atoms with Crippen LogP contribution in [0.4, 0.5) is 8.78 Å². The van der Waals surface area contributed by atoms with Crippen molar-refractivity contribution >= 4 is 0 Å². The number of nitrogens with one attached hydrogen (secondary N) is 1. The van der Waals surface area contributed by atoms with E-state index in [4.69, 9.17) is 4.74 Å². The molecule has 0 radical (unpaired) electrons. The fraction of sp³-hybridized carbons (Fsp3) is 0.571. The molecular weight excluding hydrogens is 236 g/mol. The van der Waals surface area contributed by atoms with Crippen LogP contribution >= 0.6 is 0 Å². The van der Waals surface area contributed by atoms with Gasteiger partial charge in [-0.3, -0.25) is 0 Å². The van der Waals surface area contributed by atoms with E-state index in [1.165, 1.54) is 12.1 Å². The maximum Gasteiger partial charge on any atom is 0.159 e. The van der Waals surface area contributed by atoms with E-state index in [0.717, 1.165) is 25.0 Å². The lowest BCUT2D eigenvalue weighted by Crippen LogP contribution is -2.39. The number of hydrogen-bond donors (Lipinski definition) is 1. The normalized spacial score (nSPS) is 26.0. The molecule has 0 saturated carbocycles. The van der Waals surface area contributed by atoms with Crippen LogP contribution in [-0.2, 0) is 4.74 Å². The van der Waals surface area contributed by atoms with Crippen molar-refractivity contribution in [1.82, 2.24) is 5.32 Å². The van der Waals surface area contributed by atoms with E-state index in [9.17, 15) is 8.78 Å². The first-order chi connectivity index (χ1) is 8.56. The van der Waals surface area contributed by atoms with Gasteiger partial charge in [-0.1, -0.05) is 6.07 Å². The summed E-state index contributed by atoms with van der Waals surface area (Å²) < 4.78 is 31.5. The van der Waals surface area contributed by atoms with Gasteiger partial charge in [-0.15, -0.1) is 0 Å². The molecule has 1 aromatic carbocycles. The van der Waals surface area contributed by atoms with Crippen LogP contribution in [0.3, 0.4) is 0 Å². The third-order valence-corrected chi connectivity index (χ3v) is 3.41.